The first-order valence-corrected chi connectivity index (χ1v) is 5.13. The molecule has 1 rings (SSSR count). The van der Waals surface area contributed by atoms with E-state index in [4.69, 9.17) is 5.11 Å². The Morgan fingerprint density at radius 3 is 2.38 bits per heavy atom. The smallest absolute Gasteiger partial charge is 0.305 e. The fourth-order valence-electron chi connectivity index (χ4n) is 1.94. The van der Waals surface area contributed by atoms with Gasteiger partial charge < -0.3 is 5.11 Å². The van der Waals surface area contributed by atoms with Crippen LogP contribution in [0.25, 0.3) is 0 Å². The van der Waals surface area contributed by atoms with Crippen LogP contribution in [0.15, 0.2) is 0 Å². The highest BCUT2D eigenvalue weighted by molar-refractivity contribution is 5.96. The molecule has 1 aromatic rings. The average Bonchev–Trinajstić information content (AvgIpc) is 2.40. The number of carbonyl (C=O) groups is 2. The zero-order chi connectivity index (χ0) is 12.5. The molecule has 0 unspecified atom stereocenters. The van der Waals surface area contributed by atoms with Crippen molar-refractivity contribution in [2.75, 3.05) is 0 Å². The van der Waals surface area contributed by atoms with E-state index in [-0.39, 0.29) is 18.2 Å². The number of carboxylic acids is 1. The lowest BCUT2D eigenvalue weighted by Crippen LogP contribution is -2.13. The molecule has 0 fully saturated rings. The van der Waals surface area contributed by atoms with E-state index in [0.717, 1.165) is 5.69 Å². The molecule has 5 nitrogen and oxygen atoms in total. The van der Waals surface area contributed by atoms with Crippen molar-refractivity contribution in [2.45, 2.75) is 40.2 Å². The zero-order valence-corrected chi connectivity index (χ0v) is 9.94. The molecule has 1 heterocycles. The quantitative estimate of drug-likeness (QED) is 0.790. The second-order valence-electron chi connectivity index (χ2n) is 3.99. The average molecular weight is 224 g/mol. The van der Waals surface area contributed by atoms with Gasteiger partial charge in [-0.3, -0.25) is 14.3 Å². The lowest BCUT2D eigenvalue weighted by Gasteiger charge is -2.11. The lowest BCUT2D eigenvalue weighted by atomic mass is 10.1. The van der Waals surface area contributed by atoms with Gasteiger partial charge in [-0.05, 0) is 27.7 Å². The SMILES string of the molecule is CC(=O)c1c(C)nn([C@H](C)CC(=O)O)c1C. The second kappa shape index (κ2) is 4.47. The minimum atomic E-state index is -0.871. The molecular formula is C11H16N2O3. The maximum Gasteiger partial charge on any atom is 0.305 e. The number of hydrogen-bond donors (Lipinski definition) is 1. The summed E-state index contributed by atoms with van der Waals surface area (Å²) in [6.07, 6.45) is -0.000690. The summed E-state index contributed by atoms with van der Waals surface area (Å²) in [5.74, 6) is -0.909. The van der Waals surface area contributed by atoms with E-state index in [9.17, 15) is 9.59 Å². The van der Waals surface area contributed by atoms with Gasteiger partial charge in [0.2, 0.25) is 0 Å². The van der Waals surface area contributed by atoms with E-state index in [2.05, 4.69) is 5.10 Å². The van der Waals surface area contributed by atoms with Crippen LogP contribution in [0.4, 0.5) is 0 Å². The second-order valence-corrected chi connectivity index (χ2v) is 3.99. The van der Waals surface area contributed by atoms with Crippen LogP contribution in [0.1, 0.15) is 48.1 Å². The molecule has 0 saturated heterocycles. The van der Waals surface area contributed by atoms with Gasteiger partial charge in [0.05, 0.1) is 23.7 Å². The maximum atomic E-state index is 11.4. The normalized spacial score (nSPS) is 12.5. The number of rotatable bonds is 4. The lowest BCUT2D eigenvalue weighted by molar-refractivity contribution is -0.137. The number of hydrogen-bond acceptors (Lipinski definition) is 3. The molecule has 0 aromatic carbocycles. The summed E-state index contributed by atoms with van der Waals surface area (Å²) in [7, 11) is 0. The van der Waals surface area contributed by atoms with Crippen LogP contribution in [0.2, 0.25) is 0 Å². The van der Waals surface area contributed by atoms with Crippen LogP contribution in [0, 0.1) is 13.8 Å². The highest BCUT2D eigenvalue weighted by atomic mass is 16.4. The van der Waals surface area contributed by atoms with E-state index >= 15 is 0 Å². The van der Waals surface area contributed by atoms with Crippen molar-refractivity contribution < 1.29 is 14.7 Å². The molecule has 0 aliphatic heterocycles. The number of nitrogens with zero attached hydrogens (tertiary/aromatic N) is 2. The topological polar surface area (TPSA) is 72.2 Å². The summed E-state index contributed by atoms with van der Waals surface area (Å²) in [5.41, 5.74) is 1.98. The Balaban J connectivity index is 3.12. The molecule has 0 amide bonds. The zero-order valence-electron chi connectivity index (χ0n) is 9.94. The summed E-state index contributed by atoms with van der Waals surface area (Å²) >= 11 is 0. The number of ketones is 1. The molecule has 1 atom stereocenters. The van der Waals surface area contributed by atoms with E-state index in [0.29, 0.717) is 11.3 Å². The molecule has 0 aliphatic carbocycles. The standard InChI is InChI=1S/C11H16N2O3/c1-6(5-10(15)16)13-8(3)11(9(4)14)7(2)12-13/h6H,5H2,1-4H3,(H,15,16)/t6-/m1/s1. The molecular weight excluding hydrogens is 208 g/mol. The van der Waals surface area contributed by atoms with Gasteiger partial charge in [0, 0.05) is 5.69 Å². The van der Waals surface area contributed by atoms with Crippen molar-refractivity contribution in [2.24, 2.45) is 0 Å². The molecule has 88 valence electrons. The Morgan fingerprint density at radius 2 is 2.00 bits per heavy atom. The van der Waals surface area contributed by atoms with Crippen LogP contribution < -0.4 is 0 Å². The number of Topliss-reactive ketones (excluding diaryl/α,β-unsaturated/α-hetero) is 1. The fourth-order valence-corrected chi connectivity index (χ4v) is 1.94. The summed E-state index contributed by atoms with van der Waals surface area (Å²) in [5, 5.41) is 12.9. The largest absolute Gasteiger partial charge is 0.481 e. The molecule has 1 N–H and O–H groups in total. The summed E-state index contributed by atoms with van der Waals surface area (Å²) in [6.45, 7) is 6.81. The molecule has 0 radical (unpaired) electrons. The molecule has 0 saturated carbocycles. The Bertz CT molecular complexity index is 435. The third-order valence-electron chi connectivity index (χ3n) is 2.56. The van der Waals surface area contributed by atoms with Crippen molar-refractivity contribution in [1.82, 2.24) is 9.78 Å². The van der Waals surface area contributed by atoms with E-state index in [1.807, 2.05) is 0 Å². The number of aliphatic carboxylic acids is 1. The third kappa shape index (κ3) is 2.29. The number of aryl methyl sites for hydroxylation is 1. The van der Waals surface area contributed by atoms with E-state index < -0.39 is 5.97 Å². The van der Waals surface area contributed by atoms with Crippen molar-refractivity contribution in [3.05, 3.63) is 17.0 Å². The highest BCUT2D eigenvalue weighted by Crippen LogP contribution is 2.19. The first-order chi connectivity index (χ1) is 7.34. The van der Waals surface area contributed by atoms with Gasteiger partial charge in [-0.1, -0.05) is 0 Å². The van der Waals surface area contributed by atoms with E-state index in [1.54, 1.807) is 25.5 Å². The van der Waals surface area contributed by atoms with Crippen LogP contribution in [-0.4, -0.2) is 26.6 Å². The molecule has 16 heavy (non-hydrogen) atoms. The molecule has 0 bridgehead atoms. The van der Waals surface area contributed by atoms with Crippen LogP contribution in [-0.2, 0) is 4.79 Å². The van der Waals surface area contributed by atoms with Gasteiger partial charge in [-0.15, -0.1) is 0 Å². The Morgan fingerprint density at radius 1 is 1.44 bits per heavy atom. The van der Waals surface area contributed by atoms with Crippen LogP contribution in [0.5, 0.6) is 0 Å². The molecule has 0 aliphatic rings. The number of carbonyl (C=O) groups excluding carboxylic acids is 1. The third-order valence-corrected chi connectivity index (χ3v) is 2.56. The van der Waals surface area contributed by atoms with Gasteiger partial charge >= 0.3 is 5.97 Å². The van der Waals surface area contributed by atoms with Crippen molar-refractivity contribution in [3.63, 3.8) is 0 Å². The predicted octanol–water partition coefficient (Wildman–Crippen LogP) is 1.74. The number of aromatic nitrogens is 2. The molecule has 1 aromatic heterocycles. The molecule has 0 spiro atoms. The minimum Gasteiger partial charge on any atom is -0.481 e. The van der Waals surface area contributed by atoms with Crippen molar-refractivity contribution in [3.8, 4) is 0 Å². The Labute approximate surface area is 94.1 Å². The Hall–Kier alpha value is -1.65. The summed E-state index contributed by atoms with van der Waals surface area (Å²) in [6, 6.07) is -0.246. The predicted molar refractivity (Wildman–Crippen MR) is 58.7 cm³/mol. The van der Waals surface area contributed by atoms with Crippen LogP contribution >= 0.6 is 0 Å². The Kier molecular flexibility index (Phi) is 3.47. The van der Waals surface area contributed by atoms with Gasteiger partial charge in [0.25, 0.3) is 0 Å². The van der Waals surface area contributed by atoms with Gasteiger partial charge in [0.1, 0.15) is 0 Å². The van der Waals surface area contributed by atoms with Crippen molar-refractivity contribution in [1.29, 1.82) is 0 Å². The molecule has 5 heteroatoms. The van der Waals surface area contributed by atoms with Gasteiger partial charge in [-0.25, -0.2) is 0 Å². The summed E-state index contributed by atoms with van der Waals surface area (Å²) < 4.78 is 1.61. The van der Waals surface area contributed by atoms with Crippen molar-refractivity contribution >= 4 is 11.8 Å². The van der Waals surface area contributed by atoms with E-state index in [1.165, 1.54) is 6.92 Å². The maximum absolute atomic E-state index is 11.4. The minimum absolute atomic E-state index is 0.000690. The summed E-state index contributed by atoms with van der Waals surface area (Å²) in [4.78, 5) is 22.0. The van der Waals surface area contributed by atoms with Crippen LogP contribution in [0.3, 0.4) is 0 Å². The van der Waals surface area contributed by atoms with Gasteiger partial charge in [0.15, 0.2) is 5.78 Å². The number of carboxylic acid groups (broad SMARTS) is 1. The monoisotopic (exact) mass is 224 g/mol. The fraction of sp³-hybridized carbons (Fsp3) is 0.545. The first-order valence-electron chi connectivity index (χ1n) is 5.13. The van der Waals surface area contributed by atoms with Gasteiger partial charge in [-0.2, -0.15) is 5.10 Å². The first kappa shape index (κ1) is 12.4. The highest BCUT2D eigenvalue weighted by Gasteiger charge is 2.19.